The van der Waals surface area contributed by atoms with Crippen molar-refractivity contribution in [2.24, 2.45) is 0 Å². The van der Waals surface area contributed by atoms with Gasteiger partial charge in [0.05, 0.1) is 17.2 Å². The predicted octanol–water partition coefficient (Wildman–Crippen LogP) is 1.51. The molecule has 5 heteroatoms. The predicted molar refractivity (Wildman–Crippen MR) is 72.9 cm³/mol. The van der Waals surface area contributed by atoms with Crippen molar-refractivity contribution in [3.8, 4) is 11.8 Å². The first-order valence-corrected chi connectivity index (χ1v) is 7.58. The minimum Gasteiger partial charge on any atom is -0.270 e. The molecule has 0 amide bonds. The second kappa shape index (κ2) is 5.03. The summed E-state index contributed by atoms with van der Waals surface area (Å²) in [5.74, 6) is 6.51. The van der Waals surface area contributed by atoms with Crippen LogP contribution < -0.4 is 4.31 Å². The summed E-state index contributed by atoms with van der Waals surface area (Å²) < 4.78 is 25.0. The molecule has 0 unspecified atom stereocenters. The summed E-state index contributed by atoms with van der Waals surface area (Å²) in [4.78, 5) is 0. The zero-order valence-corrected chi connectivity index (χ0v) is 11.0. The number of anilines is 1. The van der Waals surface area contributed by atoms with E-state index in [0.29, 0.717) is 24.4 Å². The summed E-state index contributed by atoms with van der Waals surface area (Å²) in [5, 5.41) is 0. The lowest BCUT2D eigenvalue weighted by atomic mass is 10.2. The molecule has 1 aliphatic rings. The summed E-state index contributed by atoms with van der Waals surface area (Å²) in [6, 6.07) is 7.29. The first-order chi connectivity index (χ1) is 8.13. The molecule has 1 aromatic rings. The molecule has 0 atom stereocenters. The Labute approximate surface area is 107 Å². The molecule has 1 aromatic carbocycles. The molecule has 1 heterocycles. The Morgan fingerprint density at radius 1 is 1.41 bits per heavy atom. The van der Waals surface area contributed by atoms with Crippen molar-refractivity contribution in [1.29, 1.82) is 0 Å². The van der Waals surface area contributed by atoms with Gasteiger partial charge in [0.2, 0.25) is 10.0 Å². The second-order valence-corrected chi connectivity index (χ2v) is 6.08. The molecule has 0 spiro atoms. The van der Waals surface area contributed by atoms with E-state index >= 15 is 0 Å². The fourth-order valence-corrected chi connectivity index (χ4v) is 3.45. The molecule has 17 heavy (non-hydrogen) atoms. The average Bonchev–Trinajstić information content (AvgIpc) is 2.67. The molecule has 0 saturated carbocycles. The van der Waals surface area contributed by atoms with Crippen LogP contribution >= 0.6 is 12.6 Å². The second-order valence-electron chi connectivity index (χ2n) is 3.75. The van der Waals surface area contributed by atoms with Crippen molar-refractivity contribution in [2.45, 2.75) is 6.42 Å². The van der Waals surface area contributed by atoms with Crippen molar-refractivity contribution in [3.05, 3.63) is 29.8 Å². The third-order valence-corrected chi connectivity index (χ3v) is 4.57. The molecule has 0 N–H and O–H groups in total. The van der Waals surface area contributed by atoms with E-state index in [-0.39, 0.29) is 5.75 Å². The molecule has 2 rings (SSSR count). The SMILES string of the molecule is O=S1(=O)CCCN1c1cccc(C#CCS)c1. The quantitative estimate of drug-likeness (QED) is 0.618. The molecule has 1 fully saturated rings. The molecule has 0 radical (unpaired) electrons. The fraction of sp³-hybridized carbons (Fsp3) is 0.333. The van der Waals surface area contributed by atoms with Crippen LogP contribution in [0.3, 0.4) is 0 Å². The topological polar surface area (TPSA) is 37.4 Å². The standard InChI is InChI=1S/C12H13NO2S2/c14-17(15)9-3-7-13(17)12-6-1-4-11(10-12)5-2-8-16/h1,4,6,10,16H,3,7-9H2. The summed E-state index contributed by atoms with van der Waals surface area (Å²) in [5.41, 5.74) is 1.52. The number of thiol groups is 1. The highest BCUT2D eigenvalue weighted by atomic mass is 32.2. The third-order valence-electron chi connectivity index (χ3n) is 2.55. The van der Waals surface area contributed by atoms with Gasteiger partial charge < -0.3 is 0 Å². The van der Waals surface area contributed by atoms with Crippen LogP contribution in [0.5, 0.6) is 0 Å². The smallest absolute Gasteiger partial charge is 0.235 e. The number of nitrogens with zero attached hydrogens (tertiary/aromatic N) is 1. The largest absolute Gasteiger partial charge is 0.270 e. The normalized spacial score (nSPS) is 17.6. The van der Waals surface area contributed by atoms with Crippen LogP contribution in [-0.4, -0.2) is 26.5 Å². The van der Waals surface area contributed by atoms with E-state index < -0.39 is 10.0 Å². The lowest BCUT2D eigenvalue weighted by Crippen LogP contribution is -2.24. The molecule has 1 aliphatic heterocycles. The summed E-state index contributed by atoms with van der Waals surface area (Å²) >= 11 is 4.01. The Bertz CT molecular complexity index is 570. The number of benzene rings is 1. The number of hydrogen-bond donors (Lipinski definition) is 1. The monoisotopic (exact) mass is 267 g/mol. The lowest BCUT2D eigenvalue weighted by molar-refractivity contribution is 0.599. The highest BCUT2D eigenvalue weighted by molar-refractivity contribution is 7.93. The summed E-state index contributed by atoms with van der Waals surface area (Å²) in [6.45, 7) is 0.561. The maximum absolute atomic E-state index is 11.8. The van der Waals surface area contributed by atoms with Gasteiger partial charge in [-0.2, -0.15) is 12.6 Å². The van der Waals surface area contributed by atoms with Gasteiger partial charge in [-0.25, -0.2) is 8.42 Å². The number of rotatable bonds is 1. The molecular weight excluding hydrogens is 254 g/mol. The van der Waals surface area contributed by atoms with E-state index in [1.54, 1.807) is 12.1 Å². The van der Waals surface area contributed by atoms with Gasteiger partial charge in [-0.05, 0) is 24.6 Å². The van der Waals surface area contributed by atoms with E-state index in [1.807, 2.05) is 12.1 Å². The third kappa shape index (κ3) is 2.76. The van der Waals surface area contributed by atoms with Crippen LogP contribution in [0.2, 0.25) is 0 Å². The zero-order chi connectivity index (χ0) is 12.3. The molecule has 0 aliphatic carbocycles. The minimum atomic E-state index is -3.11. The van der Waals surface area contributed by atoms with Gasteiger partial charge in [-0.1, -0.05) is 17.9 Å². The van der Waals surface area contributed by atoms with Crippen LogP contribution in [0.4, 0.5) is 5.69 Å². The summed E-state index contributed by atoms with van der Waals surface area (Å²) in [6.07, 6.45) is 0.689. The van der Waals surface area contributed by atoms with Crippen molar-refractivity contribution < 1.29 is 8.42 Å². The van der Waals surface area contributed by atoms with Crippen LogP contribution in [-0.2, 0) is 10.0 Å². The molecular formula is C12H13NO2S2. The van der Waals surface area contributed by atoms with Gasteiger partial charge in [0.1, 0.15) is 0 Å². The van der Waals surface area contributed by atoms with E-state index in [4.69, 9.17) is 0 Å². The summed E-state index contributed by atoms with van der Waals surface area (Å²) in [7, 11) is -3.11. The Hall–Kier alpha value is -1.12. The molecule has 90 valence electrons. The van der Waals surface area contributed by atoms with Gasteiger partial charge in [0.15, 0.2) is 0 Å². The van der Waals surface area contributed by atoms with Crippen molar-refractivity contribution >= 4 is 28.3 Å². The van der Waals surface area contributed by atoms with Crippen molar-refractivity contribution in [3.63, 3.8) is 0 Å². The van der Waals surface area contributed by atoms with Gasteiger partial charge in [0.25, 0.3) is 0 Å². The van der Waals surface area contributed by atoms with Crippen LogP contribution in [0.15, 0.2) is 24.3 Å². The highest BCUT2D eigenvalue weighted by Gasteiger charge is 2.28. The first kappa shape index (κ1) is 12.3. The Morgan fingerprint density at radius 2 is 2.24 bits per heavy atom. The number of hydrogen-bond acceptors (Lipinski definition) is 3. The van der Waals surface area contributed by atoms with Crippen molar-refractivity contribution in [2.75, 3.05) is 22.4 Å². The fourth-order valence-electron chi connectivity index (χ4n) is 1.81. The first-order valence-electron chi connectivity index (χ1n) is 5.34. The van der Waals surface area contributed by atoms with Gasteiger partial charge >= 0.3 is 0 Å². The maximum atomic E-state index is 11.8. The Kier molecular flexibility index (Phi) is 3.65. The highest BCUT2D eigenvalue weighted by Crippen LogP contribution is 2.24. The van der Waals surface area contributed by atoms with E-state index in [1.165, 1.54) is 4.31 Å². The van der Waals surface area contributed by atoms with Crippen LogP contribution in [0.1, 0.15) is 12.0 Å². The zero-order valence-electron chi connectivity index (χ0n) is 9.26. The Balaban J connectivity index is 2.34. The molecule has 3 nitrogen and oxygen atoms in total. The van der Waals surface area contributed by atoms with Crippen molar-refractivity contribution in [1.82, 2.24) is 0 Å². The Morgan fingerprint density at radius 3 is 2.88 bits per heavy atom. The van der Waals surface area contributed by atoms with Crippen LogP contribution in [0.25, 0.3) is 0 Å². The lowest BCUT2D eigenvalue weighted by Gasteiger charge is -2.16. The van der Waals surface area contributed by atoms with Gasteiger partial charge in [-0.3, -0.25) is 4.31 Å². The minimum absolute atomic E-state index is 0.236. The average molecular weight is 267 g/mol. The van der Waals surface area contributed by atoms with E-state index in [9.17, 15) is 8.42 Å². The van der Waals surface area contributed by atoms with E-state index in [0.717, 1.165) is 5.56 Å². The molecule has 0 bridgehead atoms. The number of sulfonamides is 1. The van der Waals surface area contributed by atoms with Crippen LogP contribution in [0, 0.1) is 11.8 Å². The van der Waals surface area contributed by atoms with Gasteiger partial charge in [0, 0.05) is 12.1 Å². The van der Waals surface area contributed by atoms with E-state index in [2.05, 4.69) is 24.5 Å². The maximum Gasteiger partial charge on any atom is 0.235 e. The molecule has 0 aromatic heterocycles. The van der Waals surface area contributed by atoms with Gasteiger partial charge in [-0.15, -0.1) is 0 Å². The molecule has 1 saturated heterocycles.